The fourth-order valence-electron chi connectivity index (χ4n) is 4.20. The van der Waals surface area contributed by atoms with Crippen LogP contribution in [-0.4, -0.2) is 61.4 Å². The molecule has 132 valence electrons. The van der Waals surface area contributed by atoms with Crippen molar-refractivity contribution in [1.29, 1.82) is 0 Å². The number of rotatable bonds is 4. The first-order valence-corrected chi connectivity index (χ1v) is 9.02. The largest absolute Gasteiger partial charge is 0.344 e. The lowest BCUT2D eigenvalue weighted by Gasteiger charge is -2.42. The fraction of sp³-hybridized carbons (Fsp3) is 0.889. The van der Waals surface area contributed by atoms with Gasteiger partial charge in [-0.3, -0.25) is 9.59 Å². The van der Waals surface area contributed by atoms with E-state index in [4.69, 9.17) is 0 Å². The lowest BCUT2D eigenvalue weighted by atomic mass is 9.73. The third-order valence-corrected chi connectivity index (χ3v) is 5.42. The summed E-state index contributed by atoms with van der Waals surface area (Å²) < 4.78 is 0. The molecule has 2 aliphatic heterocycles. The van der Waals surface area contributed by atoms with Crippen molar-refractivity contribution in [3.63, 3.8) is 0 Å². The Bertz CT molecular complexity index is 426. The summed E-state index contributed by atoms with van der Waals surface area (Å²) in [4.78, 5) is 28.6. The molecule has 2 rings (SSSR count). The number of hydrogen-bond acceptors (Lipinski definition) is 3. The van der Waals surface area contributed by atoms with E-state index in [9.17, 15) is 9.59 Å². The molecular weight excluding hydrogens is 290 g/mol. The van der Waals surface area contributed by atoms with Gasteiger partial charge in [0, 0.05) is 26.1 Å². The number of nitrogens with one attached hydrogen (secondary N) is 1. The second-order valence-electron chi connectivity index (χ2n) is 8.19. The van der Waals surface area contributed by atoms with Crippen LogP contribution in [0.1, 0.15) is 52.4 Å². The molecule has 1 N–H and O–H groups in total. The molecule has 1 unspecified atom stereocenters. The summed E-state index contributed by atoms with van der Waals surface area (Å²) in [7, 11) is 4.24. The van der Waals surface area contributed by atoms with Crippen LogP contribution in [0.25, 0.3) is 0 Å². The quantitative estimate of drug-likeness (QED) is 0.859. The van der Waals surface area contributed by atoms with E-state index in [1.54, 1.807) is 0 Å². The highest BCUT2D eigenvalue weighted by molar-refractivity contribution is 5.88. The minimum Gasteiger partial charge on any atom is -0.344 e. The molecule has 0 saturated carbocycles. The molecule has 0 bridgehead atoms. The van der Waals surface area contributed by atoms with Gasteiger partial charge in [-0.05, 0) is 51.1 Å². The second-order valence-corrected chi connectivity index (χ2v) is 8.19. The SMILES string of the molecule is CN(C)CC(C)(C)C1CCN(C(=O)C2CCCCC(=O)N2)CC1. The zero-order valence-corrected chi connectivity index (χ0v) is 15.2. The Hall–Kier alpha value is -1.10. The summed E-state index contributed by atoms with van der Waals surface area (Å²) in [5, 5.41) is 2.91. The van der Waals surface area contributed by atoms with Crippen LogP contribution in [0.4, 0.5) is 0 Å². The van der Waals surface area contributed by atoms with Crippen molar-refractivity contribution >= 4 is 11.8 Å². The maximum Gasteiger partial charge on any atom is 0.245 e. The van der Waals surface area contributed by atoms with E-state index >= 15 is 0 Å². The van der Waals surface area contributed by atoms with Gasteiger partial charge in [0.2, 0.25) is 11.8 Å². The molecule has 0 radical (unpaired) electrons. The second kappa shape index (κ2) is 7.65. The number of carbonyl (C=O) groups excluding carboxylic acids is 2. The van der Waals surface area contributed by atoms with Crippen molar-refractivity contribution in [2.75, 3.05) is 33.7 Å². The Morgan fingerprint density at radius 2 is 1.87 bits per heavy atom. The summed E-state index contributed by atoms with van der Waals surface area (Å²) in [6.07, 6.45) is 5.33. The van der Waals surface area contributed by atoms with Gasteiger partial charge in [-0.15, -0.1) is 0 Å². The highest BCUT2D eigenvalue weighted by Gasteiger charge is 2.35. The van der Waals surface area contributed by atoms with Crippen molar-refractivity contribution < 1.29 is 9.59 Å². The monoisotopic (exact) mass is 323 g/mol. The molecule has 2 fully saturated rings. The predicted octanol–water partition coefficient (Wildman–Crippen LogP) is 1.87. The number of likely N-dealkylation sites (tertiary alicyclic amines) is 1. The minimum absolute atomic E-state index is 0.0304. The van der Waals surface area contributed by atoms with E-state index in [1.165, 1.54) is 0 Å². The van der Waals surface area contributed by atoms with Gasteiger partial charge in [0.05, 0.1) is 0 Å². The van der Waals surface area contributed by atoms with E-state index < -0.39 is 0 Å². The van der Waals surface area contributed by atoms with Crippen LogP contribution in [-0.2, 0) is 9.59 Å². The third-order valence-electron chi connectivity index (χ3n) is 5.42. The average molecular weight is 323 g/mol. The van der Waals surface area contributed by atoms with Crippen LogP contribution in [0, 0.1) is 11.3 Å². The zero-order chi connectivity index (χ0) is 17.0. The van der Waals surface area contributed by atoms with Gasteiger partial charge in [0.15, 0.2) is 0 Å². The van der Waals surface area contributed by atoms with E-state index in [1.807, 2.05) is 4.90 Å². The summed E-state index contributed by atoms with van der Waals surface area (Å²) in [6.45, 7) is 7.39. The Kier molecular flexibility index (Phi) is 6.06. The highest BCUT2D eigenvalue weighted by Crippen LogP contribution is 2.35. The molecule has 0 aromatic carbocycles. The summed E-state index contributed by atoms with van der Waals surface area (Å²) >= 11 is 0. The number of amides is 2. The molecule has 2 aliphatic rings. The Morgan fingerprint density at radius 1 is 1.22 bits per heavy atom. The van der Waals surface area contributed by atoms with Gasteiger partial charge in [-0.2, -0.15) is 0 Å². The fourth-order valence-corrected chi connectivity index (χ4v) is 4.20. The minimum atomic E-state index is -0.295. The van der Waals surface area contributed by atoms with Crippen LogP contribution in [0.2, 0.25) is 0 Å². The molecule has 0 aliphatic carbocycles. The Labute approximate surface area is 140 Å². The van der Waals surface area contributed by atoms with Crippen molar-refractivity contribution in [3.05, 3.63) is 0 Å². The predicted molar refractivity (Wildman–Crippen MR) is 92.0 cm³/mol. The van der Waals surface area contributed by atoms with Crippen molar-refractivity contribution in [2.24, 2.45) is 11.3 Å². The van der Waals surface area contributed by atoms with Gasteiger partial charge < -0.3 is 15.1 Å². The molecule has 1 atom stereocenters. The van der Waals surface area contributed by atoms with E-state index in [2.05, 4.69) is 38.2 Å². The maximum atomic E-state index is 12.7. The first kappa shape index (κ1) is 18.2. The van der Waals surface area contributed by atoms with Crippen LogP contribution < -0.4 is 5.32 Å². The lowest BCUT2D eigenvalue weighted by molar-refractivity contribution is -0.138. The van der Waals surface area contributed by atoms with Crippen LogP contribution >= 0.6 is 0 Å². The van der Waals surface area contributed by atoms with Crippen LogP contribution in [0.3, 0.4) is 0 Å². The highest BCUT2D eigenvalue weighted by atomic mass is 16.2. The maximum absolute atomic E-state index is 12.7. The van der Waals surface area contributed by atoms with E-state index in [0.717, 1.165) is 51.7 Å². The molecule has 2 amide bonds. The molecule has 0 spiro atoms. The molecule has 5 heteroatoms. The molecule has 23 heavy (non-hydrogen) atoms. The third kappa shape index (κ3) is 4.93. The number of nitrogens with zero attached hydrogens (tertiary/aromatic N) is 2. The Morgan fingerprint density at radius 3 is 2.48 bits per heavy atom. The standard InChI is InChI=1S/C18H33N3O2/c1-18(2,13-20(3)4)14-9-11-21(12-10-14)17(23)15-7-5-6-8-16(22)19-15/h14-15H,5-13H2,1-4H3,(H,19,22). The van der Waals surface area contributed by atoms with Crippen LogP contribution in [0.15, 0.2) is 0 Å². The molecule has 0 aromatic heterocycles. The molecule has 2 heterocycles. The zero-order valence-electron chi connectivity index (χ0n) is 15.2. The number of piperidine rings is 1. The van der Waals surface area contributed by atoms with Crippen molar-refractivity contribution in [3.8, 4) is 0 Å². The van der Waals surface area contributed by atoms with Crippen LogP contribution in [0.5, 0.6) is 0 Å². The van der Waals surface area contributed by atoms with Gasteiger partial charge in [-0.25, -0.2) is 0 Å². The molecule has 2 saturated heterocycles. The van der Waals surface area contributed by atoms with E-state index in [0.29, 0.717) is 12.3 Å². The molecule has 0 aromatic rings. The Balaban J connectivity index is 1.88. The topological polar surface area (TPSA) is 52.7 Å². The van der Waals surface area contributed by atoms with Gasteiger partial charge in [-0.1, -0.05) is 20.3 Å². The van der Waals surface area contributed by atoms with E-state index in [-0.39, 0.29) is 23.3 Å². The van der Waals surface area contributed by atoms with Gasteiger partial charge >= 0.3 is 0 Å². The number of hydrogen-bond donors (Lipinski definition) is 1. The summed E-state index contributed by atoms with van der Waals surface area (Å²) in [6, 6.07) is -0.295. The average Bonchev–Trinajstić information content (AvgIpc) is 2.70. The van der Waals surface area contributed by atoms with Gasteiger partial charge in [0.1, 0.15) is 6.04 Å². The molecule has 5 nitrogen and oxygen atoms in total. The summed E-state index contributed by atoms with van der Waals surface area (Å²) in [5.74, 6) is 0.810. The molecular formula is C18H33N3O2. The van der Waals surface area contributed by atoms with Crippen molar-refractivity contribution in [2.45, 2.75) is 58.4 Å². The normalized spacial score (nSPS) is 24.5. The first-order valence-electron chi connectivity index (χ1n) is 9.02. The van der Waals surface area contributed by atoms with Gasteiger partial charge in [0.25, 0.3) is 0 Å². The smallest absolute Gasteiger partial charge is 0.245 e. The first-order chi connectivity index (χ1) is 10.8. The van der Waals surface area contributed by atoms with Crippen molar-refractivity contribution in [1.82, 2.24) is 15.1 Å². The lowest BCUT2D eigenvalue weighted by Crippen LogP contribution is -2.51. The number of carbonyl (C=O) groups is 2. The summed E-state index contributed by atoms with van der Waals surface area (Å²) in [5.41, 5.74) is 0.273.